The van der Waals surface area contributed by atoms with Crippen molar-refractivity contribution in [1.29, 1.82) is 0 Å². The number of rotatable bonds is 1. The molecule has 0 saturated carbocycles. The molecule has 2 nitrogen and oxygen atoms in total. The number of benzene rings is 1. The van der Waals surface area contributed by atoms with Crippen LogP contribution in [0.3, 0.4) is 0 Å². The number of hydrogen-bond acceptors (Lipinski definition) is 3. The zero-order valence-electron chi connectivity index (χ0n) is 9.30. The molecule has 0 fully saturated rings. The molecule has 0 bridgehead atoms. The van der Waals surface area contributed by atoms with Gasteiger partial charge in [0.05, 0.1) is 11.1 Å². The van der Waals surface area contributed by atoms with Crippen LogP contribution in [0.4, 0.5) is 26.3 Å². The zero-order chi connectivity index (χ0) is 14.8. The lowest BCUT2D eigenvalue weighted by atomic mass is 10.1. The lowest BCUT2D eigenvalue weighted by molar-refractivity contribution is -0.143. The zero-order valence-corrected chi connectivity index (χ0v) is 10.1. The second-order valence-corrected chi connectivity index (χ2v) is 4.20. The number of thioether (sulfide) groups is 1. The average Bonchev–Trinajstić information content (AvgIpc) is 2.28. The molecular formula is C10H7F6NOS. The van der Waals surface area contributed by atoms with E-state index in [1.807, 2.05) is 0 Å². The third-order valence-corrected chi connectivity index (χ3v) is 2.82. The largest absolute Gasteiger partial charge is 0.416 e. The number of alkyl halides is 6. The van der Waals surface area contributed by atoms with Gasteiger partial charge < -0.3 is 5.21 Å². The Morgan fingerprint density at radius 1 is 1.00 bits per heavy atom. The standard InChI is InChI=1S/C10H7F6NOS/c1-19-8(17-18)5-2-6(9(11,12)13)4-7(3-5)10(14,15)16/h2-4,18H,1H3. The molecule has 0 amide bonds. The Labute approximate surface area is 108 Å². The van der Waals surface area contributed by atoms with E-state index >= 15 is 0 Å². The van der Waals surface area contributed by atoms with Gasteiger partial charge in [-0.15, -0.1) is 11.8 Å². The maximum absolute atomic E-state index is 12.5. The molecule has 1 aromatic rings. The summed E-state index contributed by atoms with van der Waals surface area (Å²) in [4.78, 5) is 0. The van der Waals surface area contributed by atoms with Crippen LogP contribution in [0.5, 0.6) is 0 Å². The highest BCUT2D eigenvalue weighted by Crippen LogP contribution is 2.36. The van der Waals surface area contributed by atoms with Crippen molar-refractivity contribution < 1.29 is 31.5 Å². The highest BCUT2D eigenvalue weighted by molar-refractivity contribution is 8.13. The summed E-state index contributed by atoms with van der Waals surface area (Å²) in [7, 11) is 0. The monoisotopic (exact) mass is 303 g/mol. The molecule has 9 heteroatoms. The predicted octanol–water partition coefficient (Wildman–Crippen LogP) is 4.22. The minimum atomic E-state index is -4.92. The van der Waals surface area contributed by atoms with E-state index in [9.17, 15) is 26.3 Å². The highest BCUT2D eigenvalue weighted by Gasteiger charge is 2.37. The molecule has 0 heterocycles. The fraction of sp³-hybridized carbons (Fsp3) is 0.300. The first kappa shape index (κ1) is 15.7. The summed E-state index contributed by atoms with van der Waals surface area (Å²) in [5.41, 5.74) is -3.35. The topological polar surface area (TPSA) is 32.6 Å². The quantitative estimate of drug-likeness (QED) is 0.277. The second kappa shape index (κ2) is 5.32. The molecule has 0 atom stereocenters. The van der Waals surface area contributed by atoms with Gasteiger partial charge in [-0.1, -0.05) is 5.16 Å². The molecule has 0 aromatic heterocycles. The van der Waals surface area contributed by atoms with E-state index in [1.165, 1.54) is 6.26 Å². The minimum absolute atomic E-state index is 0.0127. The fourth-order valence-electron chi connectivity index (χ4n) is 1.29. The van der Waals surface area contributed by atoms with Gasteiger partial charge in [0.15, 0.2) is 0 Å². The van der Waals surface area contributed by atoms with Gasteiger partial charge in [0.25, 0.3) is 0 Å². The van der Waals surface area contributed by atoms with Crippen LogP contribution < -0.4 is 0 Å². The van der Waals surface area contributed by atoms with Crippen LogP contribution in [-0.4, -0.2) is 16.5 Å². The van der Waals surface area contributed by atoms with E-state index in [2.05, 4.69) is 5.16 Å². The summed E-state index contributed by atoms with van der Waals surface area (Å²) in [5, 5.41) is 10.9. The van der Waals surface area contributed by atoms with Gasteiger partial charge in [-0.2, -0.15) is 26.3 Å². The molecule has 0 spiro atoms. The third-order valence-electron chi connectivity index (χ3n) is 2.12. The molecule has 106 valence electrons. The van der Waals surface area contributed by atoms with E-state index in [0.717, 1.165) is 11.8 Å². The number of oxime groups is 1. The maximum atomic E-state index is 12.5. The molecule has 0 unspecified atom stereocenters. The van der Waals surface area contributed by atoms with Crippen molar-refractivity contribution in [2.45, 2.75) is 12.4 Å². The number of hydrogen-bond donors (Lipinski definition) is 1. The van der Waals surface area contributed by atoms with Crippen LogP contribution in [0.25, 0.3) is 0 Å². The van der Waals surface area contributed by atoms with Crippen molar-refractivity contribution in [2.75, 3.05) is 6.26 Å². The summed E-state index contributed by atoms with van der Waals surface area (Å²) in [6.45, 7) is 0. The van der Waals surface area contributed by atoms with Crippen molar-refractivity contribution >= 4 is 16.8 Å². The van der Waals surface area contributed by atoms with Crippen molar-refractivity contribution in [3.63, 3.8) is 0 Å². The molecule has 1 rings (SSSR count). The smallest absolute Gasteiger partial charge is 0.410 e. The summed E-state index contributed by atoms with van der Waals surface area (Å²) in [6, 6.07) is 1.01. The van der Waals surface area contributed by atoms with Crippen molar-refractivity contribution in [3.8, 4) is 0 Å². The lowest BCUT2D eigenvalue weighted by Crippen LogP contribution is -2.13. The van der Waals surface area contributed by atoms with Crippen molar-refractivity contribution in [1.82, 2.24) is 0 Å². The Morgan fingerprint density at radius 2 is 1.42 bits per heavy atom. The van der Waals surface area contributed by atoms with Crippen molar-refractivity contribution in [2.24, 2.45) is 5.16 Å². The van der Waals surface area contributed by atoms with E-state index in [4.69, 9.17) is 5.21 Å². The Bertz CT molecular complexity index is 462. The van der Waals surface area contributed by atoms with Gasteiger partial charge in [0.1, 0.15) is 5.04 Å². The van der Waals surface area contributed by atoms with E-state index in [0.29, 0.717) is 12.1 Å². The molecule has 0 aliphatic carbocycles. The molecule has 19 heavy (non-hydrogen) atoms. The van der Waals surface area contributed by atoms with Crippen molar-refractivity contribution in [3.05, 3.63) is 34.9 Å². The Balaban J connectivity index is 3.50. The second-order valence-electron chi connectivity index (χ2n) is 3.40. The summed E-state index contributed by atoms with van der Waals surface area (Å²) in [5.74, 6) is 0. The van der Waals surface area contributed by atoms with E-state index in [1.54, 1.807) is 0 Å². The van der Waals surface area contributed by atoms with Gasteiger partial charge in [-0.3, -0.25) is 0 Å². The average molecular weight is 303 g/mol. The predicted molar refractivity (Wildman–Crippen MR) is 58.3 cm³/mol. The lowest BCUT2D eigenvalue weighted by Gasteiger charge is -2.14. The highest BCUT2D eigenvalue weighted by atomic mass is 32.2. The van der Waals surface area contributed by atoms with Crippen LogP contribution in [0.15, 0.2) is 23.4 Å². The van der Waals surface area contributed by atoms with Crippen LogP contribution in [0.1, 0.15) is 16.7 Å². The first-order valence-electron chi connectivity index (χ1n) is 4.65. The Kier molecular flexibility index (Phi) is 4.39. The van der Waals surface area contributed by atoms with Crippen LogP contribution >= 0.6 is 11.8 Å². The molecule has 1 N–H and O–H groups in total. The SMILES string of the molecule is CSC(=NO)c1cc(C(F)(F)F)cc(C(F)(F)F)c1. The van der Waals surface area contributed by atoms with E-state index < -0.39 is 29.0 Å². The molecule has 0 aliphatic rings. The minimum Gasteiger partial charge on any atom is -0.410 e. The Hall–Kier alpha value is -1.38. The van der Waals surface area contributed by atoms with Gasteiger partial charge in [-0.25, -0.2) is 0 Å². The molecule has 0 aliphatic heterocycles. The number of halogens is 6. The normalized spacial score (nSPS) is 13.7. The number of nitrogens with zero attached hydrogens (tertiary/aromatic N) is 1. The first-order valence-corrected chi connectivity index (χ1v) is 5.88. The summed E-state index contributed by atoms with van der Waals surface area (Å²) < 4.78 is 75.2. The fourth-order valence-corrected chi connectivity index (χ4v) is 1.73. The molecule has 0 saturated heterocycles. The third kappa shape index (κ3) is 3.79. The van der Waals surface area contributed by atoms with Gasteiger partial charge in [0.2, 0.25) is 0 Å². The first-order chi connectivity index (χ1) is 8.59. The van der Waals surface area contributed by atoms with Crippen LogP contribution in [0, 0.1) is 0 Å². The van der Waals surface area contributed by atoms with Crippen LogP contribution in [-0.2, 0) is 12.4 Å². The van der Waals surface area contributed by atoms with E-state index in [-0.39, 0.29) is 11.1 Å². The van der Waals surface area contributed by atoms with Crippen LogP contribution in [0.2, 0.25) is 0 Å². The maximum Gasteiger partial charge on any atom is 0.416 e. The van der Waals surface area contributed by atoms with Gasteiger partial charge >= 0.3 is 12.4 Å². The molecule has 0 radical (unpaired) electrons. The molecule has 1 aromatic carbocycles. The van der Waals surface area contributed by atoms with Gasteiger partial charge in [0, 0.05) is 5.56 Å². The summed E-state index contributed by atoms with van der Waals surface area (Å²) >= 11 is 0.727. The Morgan fingerprint density at radius 3 is 1.68 bits per heavy atom. The molecular weight excluding hydrogens is 296 g/mol. The van der Waals surface area contributed by atoms with Gasteiger partial charge in [-0.05, 0) is 24.5 Å². The summed E-state index contributed by atoms with van der Waals surface area (Å²) in [6.07, 6.45) is -8.48.